The van der Waals surface area contributed by atoms with Gasteiger partial charge in [0.2, 0.25) is 0 Å². The van der Waals surface area contributed by atoms with Gasteiger partial charge in [0.15, 0.2) is 5.82 Å². The molecule has 6 heteroatoms. The second kappa shape index (κ2) is 6.53. The average molecular weight is 352 g/mol. The van der Waals surface area contributed by atoms with E-state index in [9.17, 15) is 0 Å². The van der Waals surface area contributed by atoms with Gasteiger partial charge in [0, 0.05) is 16.7 Å². The van der Waals surface area contributed by atoms with Gasteiger partial charge < -0.3 is 4.74 Å². The molecule has 1 heterocycles. The normalized spacial score (nSPS) is 10.5. The summed E-state index contributed by atoms with van der Waals surface area (Å²) in [5.41, 5.74) is 0.799. The molecule has 0 bridgehead atoms. The molecule has 0 unspecified atom stereocenters. The summed E-state index contributed by atoms with van der Waals surface area (Å²) in [4.78, 5) is 8.28. The van der Waals surface area contributed by atoms with Crippen molar-refractivity contribution in [3.05, 3.63) is 69.9 Å². The Kier molecular flexibility index (Phi) is 4.48. The van der Waals surface area contributed by atoms with Crippen LogP contribution in [0.5, 0.6) is 11.5 Å². The Morgan fingerprint density at radius 3 is 1.73 bits per heavy atom. The summed E-state index contributed by atoms with van der Waals surface area (Å²) >= 11 is 17.6. The van der Waals surface area contributed by atoms with Crippen molar-refractivity contribution in [1.29, 1.82) is 0 Å². The summed E-state index contributed by atoms with van der Waals surface area (Å²) in [6.45, 7) is 0. The van der Waals surface area contributed by atoms with E-state index in [2.05, 4.69) is 9.97 Å². The molecule has 3 aromatic rings. The first-order valence-corrected chi connectivity index (χ1v) is 7.47. The monoisotopic (exact) mass is 350 g/mol. The lowest BCUT2D eigenvalue weighted by Gasteiger charge is -2.07. The van der Waals surface area contributed by atoms with Crippen LogP contribution in [0.1, 0.15) is 0 Å². The molecule has 0 aliphatic carbocycles. The summed E-state index contributed by atoms with van der Waals surface area (Å²) < 4.78 is 5.72. The van der Waals surface area contributed by atoms with Gasteiger partial charge in [0.25, 0.3) is 0 Å². The molecule has 0 aliphatic rings. The van der Waals surface area contributed by atoms with Crippen molar-refractivity contribution in [3.63, 3.8) is 0 Å². The van der Waals surface area contributed by atoms with Crippen LogP contribution in [0.15, 0.2) is 54.6 Å². The van der Waals surface area contributed by atoms with E-state index < -0.39 is 0 Å². The molecule has 0 radical (unpaired) electrons. The van der Waals surface area contributed by atoms with E-state index in [0.29, 0.717) is 32.7 Å². The minimum Gasteiger partial charge on any atom is -0.457 e. The molecule has 0 atom stereocenters. The maximum Gasteiger partial charge on any atom is 0.162 e. The van der Waals surface area contributed by atoms with Gasteiger partial charge in [-0.15, -0.1) is 0 Å². The molecule has 2 aromatic carbocycles. The van der Waals surface area contributed by atoms with Crippen LogP contribution in [-0.4, -0.2) is 9.97 Å². The maximum absolute atomic E-state index is 5.88. The number of nitrogens with zero attached hydrogens (tertiary/aromatic N) is 2. The minimum absolute atomic E-state index is 0.302. The van der Waals surface area contributed by atoms with Gasteiger partial charge in [-0.05, 0) is 48.5 Å². The second-order valence-electron chi connectivity index (χ2n) is 4.42. The molecule has 0 aliphatic heterocycles. The van der Waals surface area contributed by atoms with Gasteiger partial charge in [-0.2, -0.15) is 0 Å². The zero-order valence-corrected chi connectivity index (χ0v) is 13.4. The Hall–Kier alpha value is -1.81. The van der Waals surface area contributed by atoms with Crippen molar-refractivity contribution in [3.8, 4) is 22.9 Å². The quantitative estimate of drug-likeness (QED) is 0.551. The standard InChI is InChI=1S/C16H9Cl3N2O/c17-11-3-7-13(8-4-11)22-12-5-1-10(2-6-12)16-20-14(18)9-15(19)21-16/h1-9H. The van der Waals surface area contributed by atoms with Crippen LogP contribution < -0.4 is 4.74 Å². The molecule has 1 aromatic heterocycles. The number of halogens is 3. The van der Waals surface area contributed by atoms with Gasteiger partial charge in [-0.3, -0.25) is 0 Å². The van der Waals surface area contributed by atoms with E-state index in [1.54, 1.807) is 24.3 Å². The number of aromatic nitrogens is 2. The lowest BCUT2D eigenvalue weighted by Crippen LogP contribution is -1.90. The highest BCUT2D eigenvalue weighted by atomic mass is 35.5. The smallest absolute Gasteiger partial charge is 0.162 e. The van der Waals surface area contributed by atoms with Crippen LogP contribution >= 0.6 is 34.8 Å². The van der Waals surface area contributed by atoms with Crippen LogP contribution in [0.3, 0.4) is 0 Å². The van der Waals surface area contributed by atoms with E-state index in [1.807, 2.05) is 24.3 Å². The van der Waals surface area contributed by atoms with Gasteiger partial charge in [-0.25, -0.2) is 9.97 Å². The van der Waals surface area contributed by atoms with Crippen LogP contribution in [-0.2, 0) is 0 Å². The first-order chi connectivity index (χ1) is 10.6. The highest BCUT2D eigenvalue weighted by molar-refractivity contribution is 6.33. The SMILES string of the molecule is Clc1ccc(Oc2ccc(-c3nc(Cl)cc(Cl)n3)cc2)cc1. The zero-order valence-electron chi connectivity index (χ0n) is 11.1. The Bertz CT molecular complexity index is 769. The van der Waals surface area contributed by atoms with Crippen molar-refractivity contribution in [1.82, 2.24) is 9.97 Å². The van der Waals surface area contributed by atoms with Crippen LogP contribution in [0, 0.1) is 0 Å². The van der Waals surface area contributed by atoms with Gasteiger partial charge in [-0.1, -0.05) is 34.8 Å². The molecule has 0 amide bonds. The summed E-state index contributed by atoms with van der Waals surface area (Å²) in [6, 6.07) is 16.0. The van der Waals surface area contributed by atoms with Crippen molar-refractivity contribution in [2.45, 2.75) is 0 Å². The second-order valence-corrected chi connectivity index (χ2v) is 5.63. The highest BCUT2D eigenvalue weighted by Gasteiger charge is 2.05. The lowest BCUT2D eigenvalue weighted by molar-refractivity contribution is 0.483. The van der Waals surface area contributed by atoms with Crippen LogP contribution in [0.4, 0.5) is 0 Å². The van der Waals surface area contributed by atoms with Crippen LogP contribution in [0.25, 0.3) is 11.4 Å². The number of benzene rings is 2. The molecular weight excluding hydrogens is 343 g/mol. The molecule has 0 saturated carbocycles. The molecule has 22 heavy (non-hydrogen) atoms. The third kappa shape index (κ3) is 3.69. The highest BCUT2D eigenvalue weighted by Crippen LogP contribution is 2.26. The molecule has 110 valence electrons. The Balaban J connectivity index is 1.81. The van der Waals surface area contributed by atoms with E-state index in [1.165, 1.54) is 6.07 Å². The minimum atomic E-state index is 0.302. The fourth-order valence-corrected chi connectivity index (χ4v) is 2.38. The summed E-state index contributed by atoms with van der Waals surface area (Å²) in [7, 11) is 0. The van der Waals surface area contributed by atoms with Gasteiger partial charge >= 0.3 is 0 Å². The number of rotatable bonds is 3. The predicted molar refractivity (Wildman–Crippen MR) is 89.0 cm³/mol. The number of hydrogen-bond acceptors (Lipinski definition) is 3. The molecule has 0 N–H and O–H groups in total. The lowest BCUT2D eigenvalue weighted by atomic mass is 10.2. The molecular formula is C16H9Cl3N2O. The topological polar surface area (TPSA) is 35.0 Å². The first-order valence-electron chi connectivity index (χ1n) is 6.34. The van der Waals surface area contributed by atoms with E-state index in [0.717, 1.165) is 5.56 Å². The van der Waals surface area contributed by atoms with Crippen molar-refractivity contribution in [2.24, 2.45) is 0 Å². The number of ether oxygens (including phenoxy) is 1. The molecule has 0 saturated heterocycles. The Morgan fingerprint density at radius 1 is 0.682 bits per heavy atom. The third-order valence-corrected chi connectivity index (χ3v) is 3.46. The fraction of sp³-hybridized carbons (Fsp3) is 0. The summed E-state index contributed by atoms with van der Waals surface area (Å²) in [5.74, 6) is 1.87. The third-order valence-electron chi connectivity index (χ3n) is 2.83. The molecule has 3 rings (SSSR count). The molecule has 0 fully saturated rings. The first kappa shape index (κ1) is 15.1. The van der Waals surface area contributed by atoms with Crippen molar-refractivity contribution < 1.29 is 4.74 Å². The van der Waals surface area contributed by atoms with E-state index in [4.69, 9.17) is 39.5 Å². The van der Waals surface area contributed by atoms with E-state index >= 15 is 0 Å². The maximum atomic E-state index is 5.88. The average Bonchev–Trinajstić information content (AvgIpc) is 2.49. The van der Waals surface area contributed by atoms with Gasteiger partial charge in [0.1, 0.15) is 21.8 Å². The summed E-state index contributed by atoms with van der Waals surface area (Å²) in [6.07, 6.45) is 0. The van der Waals surface area contributed by atoms with Gasteiger partial charge in [0.05, 0.1) is 0 Å². The largest absolute Gasteiger partial charge is 0.457 e. The Labute approximate surface area is 142 Å². The predicted octanol–water partition coefficient (Wildman–Crippen LogP) is 5.90. The molecule has 0 spiro atoms. The number of hydrogen-bond donors (Lipinski definition) is 0. The van der Waals surface area contributed by atoms with E-state index in [-0.39, 0.29) is 0 Å². The Morgan fingerprint density at radius 2 is 1.18 bits per heavy atom. The summed E-state index contributed by atoms with van der Waals surface area (Å²) in [5, 5.41) is 1.27. The van der Waals surface area contributed by atoms with Crippen molar-refractivity contribution in [2.75, 3.05) is 0 Å². The molecule has 3 nitrogen and oxygen atoms in total. The fourth-order valence-electron chi connectivity index (χ4n) is 1.83. The zero-order chi connectivity index (χ0) is 15.5. The van der Waals surface area contributed by atoms with Crippen LogP contribution in [0.2, 0.25) is 15.3 Å². The van der Waals surface area contributed by atoms with Crippen molar-refractivity contribution >= 4 is 34.8 Å².